The van der Waals surface area contributed by atoms with Crippen LogP contribution < -0.4 is 0 Å². The SMILES string of the molecule is C=C(Cc1cc(C(C)(C)C)c(O)c(C(C)(C)C)c1)C(=O)O.C=C(Cc1cc(C(C)(C)C)c(O)c(C(C)(C)C)c1)C(=O)O.C=C(Cc1cc(C(C)(C)C)c(O)c(C(C)(C)C)c1)C(=O)O.C=C(Cc1cc(C(C)(C)C)c(O)c(C(C)(C)C)c1)C(=O)O.Oc1ccccc1. The number of carboxylic acids is 4. The van der Waals surface area contributed by atoms with Gasteiger partial charge in [0.15, 0.2) is 0 Å². The van der Waals surface area contributed by atoms with Crippen LogP contribution in [0.25, 0.3) is 0 Å². The van der Waals surface area contributed by atoms with Crippen molar-refractivity contribution in [2.75, 3.05) is 0 Å². The molecule has 5 rings (SSSR count). The third-order valence-corrected chi connectivity index (χ3v) is 14.8. The number of aromatic hydroxyl groups is 5. The second kappa shape index (κ2) is 30.8. The molecule has 5 aromatic rings. The predicted molar refractivity (Wildman–Crippen MR) is 372 cm³/mol. The molecule has 0 saturated carbocycles. The Kier molecular flexibility index (Phi) is 27.4. The van der Waals surface area contributed by atoms with Gasteiger partial charge in [-0.2, -0.15) is 0 Å². The summed E-state index contributed by atoms with van der Waals surface area (Å²) in [7, 11) is 0. The Morgan fingerprint density at radius 1 is 0.275 bits per heavy atom. The van der Waals surface area contributed by atoms with Gasteiger partial charge in [-0.05, 0) is 122 Å². The fourth-order valence-electron chi connectivity index (χ4n) is 9.48. The number of carbonyl (C=O) groups is 4. The lowest BCUT2D eigenvalue weighted by Crippen LogP contribution is -2.18. The van der Waals surface area contributed by atoms with Crippen LogP contribution in [0.3, 0.4) is 0 Å². The number of para-hydroxylation sites is 1. The number of benzene rings is 5. The van der Waals surface area contributed by atoms with Crippen molar-refractivity contribution < 1.29 is 65.1 Å². The van der Waals surface area contributed by atoms with Crippen molar-refractivity contribution >= 4 is 23.9 Å². The first-order chi connectivity index (χ1) is 40.7. The van der Waals surface area contributed by atoms with Gasteiger partial charge in [-0.3, -0.25) is 0 Å². The first-order valence-electron chi connectivity index (χ1n) is 30.6. The van der Waals surface area contributed by atoms with E-state index >= 15 is 0 Å². The molecule has 0 atom stereocenters. The average molecular weight is 1260 g/mol. The quantitative estimate of drug-likeness (QED) is 0.0528. The maximum atomic E-state index is 11.0. The highest BCUT2D eigenvalue weighted by Gasteiger charge is 2.31. The third-order valence-electron chi connectivity index (χ3n) is 14.8. The van der Waals surface area contributed by atoms with E-state index in [0.717, 1.165) is 66.8 Å². The van der Waals surface area contributed by atoms with Crippen LogP contribution in [0.5, 0.6) is 28.7 Å². The van der Waals surface area contributed by atoms with Crippen molar-refractivity contribution in [1.82, 2.24) is 0 Å². The smallest absolute Gasteiger partial charge is 0.331 e. The van der Waals surface area contributed by atoms with E-state index < -0.39 is 23.9 Å². The predicted octanol–water partition coefficient (Wildman–Crippen LogP) is 18.1. The largest absolute Gasteiger partial charge is 0.508 e. The van der Waals surface area contributed by atoms with E-state index in [4.69, 9.17) is 25.5 Å². The highest BCUT2D eigenvalue weighted by Crippen LogP contribution is 2.44. The summed E-state index contributed by atoms with van der Waals surface area (Å²) in [6, 6.07) is 23.8. The maximum absolute atomic E-state index is 11.0. The number of rotatable bonds is 12. The summed E-state index contributed by atoms with van der Waals surface area (Å²) in [5.74, 6) is -2.41. The van der Waals surface area contributed by atoms with E-state index in [1.807, 2.05) is 221 Å². The Morgan fingerprint density at radius 3 is 0.495 bits per heavy atom. The minimum Gasteiger partial charge on any atom is -0.508 e. The van der Waals surface area contributed by atoms with Crippen LogP contribution >= 0.6 is 0 Å². The van der Waals surface area contributed by atoms with Crippen molar-refractivity contribution in [3.05, 3.63) is 194 Å². The van der Waals surface area contributed by atoms with Gasteiger partial charge in [-0.25, -0.2) is 19.2 Å². The molecule has 13 nitrogen and oxygen atoms in total. The van der Waals surface area contributed by atoms with Crippen LogP contribution in [0, 0.1) is 0 Å². The second-order valence-corrected chi connectivity index (χ2v) is 31.8. The molecule has 0 heterocycles. The molecule has 0 saturated heterocycles. The summed E-state index contributed by atoms with van der Waals surface area (Å²) in [6.45, 7) is 63.1. The zero-order valence-electron chi connectivity index (χ0n) is 59.3. The first-order valence-corrected chi connectivity index (χ1v) is 30.6. The number of hydrogen-bond acceptors (Lipinski definition) is 9. The topological polar surface area (TPSA) is 250 Å². The van der Waals surface area contributed by atoms with Crippen molar-refractivity contribution in [3.8, 4) is 28.7 Å². The van der Waals surface area contributed by atoms with Crippen LogP contribution in [0.2, 0.25) is 0 Å². The van der Waals surface area contributed by atoms with E-state index in [0.29, 0.717) is 28.7 Å². The summed E-state index contributed by atoms with van der Waals surface area (Å²) in [5.41, 5.74) is 9.04. The Balaban J connectivity index is 0.000000584. The minimum absolute atomic E-state index is 0.153. The number of phenolic OH excluding ortho intramolecular Hbond substituents is 5. The van der Waals surface area contributed by atoms with Crippen LogP contribution in [-0.4, -0.2) is 69.8 Å². The second-order valence-electron chi connectivity index (χ2n) is 31.8. The molecule has 0 spiro atoms. The highest BCUT2D eigenvalue weighted by molar-refractivity contribution is 5.88. The number of phenols is 5. The molecule has 0 radical (unpaired) electrons. The van der Waals surface area contributed by atoms with E-state index in [1.165, 1.54) is 0 Å². The van der Waals surface area contributed by atoms with Gasteiger partial charge >= 0.3 is 23.9 Å². The van der Waals surface area contributed by atoms with Crippen LogP contribution in [0.1, 0.15) is 233 Å². The van der Waals surface area contributed by atoms with Crippen molar-refractivity contribution in [3.63, 3.8) is 0 Å². The minimum atomic E-state index is -0.988. The van der Waals surface area contributed by atoms with E-state index in [-0.39, 0.29) is 91.3 Å². The van der Waals surface area contributed by atoms with Gasteiger partial charge in [0, 0.05) is 48.0 Å². The zero-order valence-corrected chi connectivity index (χ0v) is 59.3. The first kappa shape index (κ1) is 81.0. The monoisotopic (exact) mass is 1250 g/mol. The Bertz CT molecular complexity index is 2880. The standard InChI is InChI=1S/4C18H26O3.C6H6O/c4*1-11(16(20)21)8-12-9-13(17(2,3)4)15(19)14(10-12)18(5,6)7;7-6-4-2-1-3-5-6/h4*9-10,19H,1,8H2,2-7H3,(H,20,21);1-5,7H. The molecule has 0 aromatic heterocycles. The molecule has 0 aliphatic heterocycles. The number of aliphatic carboxylic acids is 4. The fourth-order valence-corrected chi connectivity index (χ4v) is 9.48. The van der Waals surface area contributed by atoms with Gasteiger partial charge in [0.05, 0.1) is 0 Å². The molecular weight excluding hydrogens is 1140 g/mol. The molecule has 5 aromatic carbocycles. The van der Waals surface area contributed by atoms with Gasteiger partial charge in [0.1, 0.15) is 28.7 Å². The Labute approximate surface area is 544 Å². The summed E-state index contributed by atoms with van der Waals surface area (Å²) >= 11 is 0. The summed E-state index contributed by atoms with van der Waals surface area (Å²) in [6.07, 6.45) is 1.12. The molecule has 0 aliphatic carbocycles. The molecule has 0 aliphatic rings. The zero-order chi connectivity index (χ0) is 71.5. The Morgan fingerprint density at radius 2 is 0.407 bits per heavy atom. The number of carboxylic acid groups (broad SMARTS) is 4. The van der Waals surface area contributed by atoms with Crippen LogP contribution in [-0.2, 0) is 88.2 Å². The van der Waals surface area contributed by atoms with Gasteiger partial charge in [0.25, 0.3) is 0 Å². The molecule has 91 heavy (non-hydrogen) atoms. The molecule has 13 heteroatoms. The molecule has 0 fully saturated rings. The summed E-state index contributed by atoms with van der Waals surface area (Å²) < 4.78 is 0. The molecule has 500 valence electrons. The number of hydrogen-bond donors (Lipinski definition) is 9. The molecular formula is C78H110O13. The van der Waals surface area contributed by atoms with Gasteiger partial charge in [-0.15, -0.1) is 0 Å². The van der Waals surface area contributed by atoms with Crippen LogP contribution in [0.15, 0.2) is 127 Å². The lowest BCUT2D eigenvalue weighted by molar-refractivity contribution is -0.133. The van der Waals surface area contributed by atoms with E-state index in [2.05, 4.69) is 26.3 Å². The average Bonchev–Trinajstić information content (AvgIpc) is 0.817. The molecule has 0 bridgehead atoms. The highest BCUT2D eigenvalue weighted by atomic mass is 16.4. The molecule has 9 N–H and O–H groups in total. The van der Waals surface area contributed by atoms with E-state index in [9.17, 15) is 39.6 Å². The van der Waals surface area contributed by atoms with Gasteiger partial charge in [0.2, 0.25) is 0 Å². The van der Waals surface area contributed by atoms with Crippen molar-refractivity contribution in [2.24, 2.45) is 0 Å². The van der Waals surface area contributed by atoms with Crippen molar-refractivity contribution in [1.29, 1.82) is 0 Å². The normalized spacial score (nSPS) is 12.0. The fraction of sp³-hybridized carbons (Fsp3) is 0.462. The van der Waals surface area contributed by atoms with Crippen LogP contribution in [0.4, 0.5) is 0 Å². The molecule has 0 amide bonds. The third kappa shape index (κ3) is 25.3. The Hall–Kier alpha value is -8.06. The summed E-state index contributed by atoms with van der Waals surface area (Å²) in [4.78, 5) is 43.9. The maximum Gasteiger partial charge on any atom is 0.331 e. The molecule has 0 unspecified atom stereocenters. The van der Waals surface area contributed by atoms with Gasteiger partial charge in [-0.1, -0.05) is 259 Å². The van der Waals surface area contributed by atoms with Gasteiger partial charge < -0.3 is 46.0 Å². The summed E-state index contributed by atoms with van der Waals surface area (Å²) in [5, 5.41) is 87.0. The van der Waals surface area contributed by atoms with Crippen molar-refractivity contribution in [2.45, 2.75) is 235 Å². The lowest BCUT2D eigenvalue weighted by Gasteiger charge is -2.28. The van der Waals surface area contributed by atoms with E-state index in [1.54, 1.807) is 24.3 Å². The lowest BCUT2D eigenvalue weighted by atomic mass is 9.78.